The summed E-state index contributed by atoms with van der Waals surface area (Å²) >= 11 is 0. The molecule has 0 aliphatic heterocycles. The Bertz CT molecular complexity index is 1950. The topological polar surface area (TPSA) is 237 Å². The summed E-state index contributed by atoms with van der Waals surface area (Å²) in [5, 5.41) is 10.7. The van der Waals surface area contributed by atoms with Gasteiger partial charge in [-0.2, -0.15) is 0 Å². The number of aliphatic hydroxyl groups is 1. The maximum atomic E-state index is 13.1. The maximum absolute atomic E-state index is 13.1. The normalized spacial score (nSPS) is 14.1. The van der Waals surface area contributed by atoms with E-state index in [1.165, 1.54) is 270 Å². The number of phosphoric ester groups is 2. The molecular formula is C83H162O17P2. The number of phosphoric acid groups is 2. The van der Waals surface area contributed by atoms with Crippen LogP contribution in [0.1, 0.15) is 446 Å². The Labute approximate surface area is 626 Å². The van der Waals surface area contributed by atoms with E-state index in [1.54, 1.807) is 0 Å². The molecule has 0 saturated carbocycles. The summed E-state index contributed by atoms with van der Waals surface area (Å²) in [6.45, 7) is 7.34. The van der Waals surface area contributed by atoms with Gasteiger partial charge in [0.1, 0.15) is 19.3 Å². The third-order valence-electron chi connectivity index (χ3n) is 19.9. The smallest absolute Gasteiger partial charge is 0.462 e. The fraction of sp³-hybridized carbons (Fsp3) is 0.952. The Kier molecular flexibility index (Phi) is 74.4. The number of rotatable bonds is 83. The predicted octanol–water partition coefficient (Wildman–Crippen LogP) is 25.2. The predicted molar refractivity (Wildman–Crippen MR) is 418 cm³/mol. The molecule has 17 nitrogen and oxygen atoms in total. The molecule has 0 spiro atoms. The molecule has 0 aromatic heterocycles. The van der Waals surface area contributed by atoms with E-state index in [9.17, 15) is 43.2 Å². The van der Waals surface area contributed by atoms with E-state index < -0.39 is 97.5 Å². The van der Waals surface area contributed by atoms with Gasteiger partial charge >= 0.3 is 39.5 Å². The molecule has 0 saturated heterocycles. The monoisotopic (exact) mass is 1490 g/mol. The zero-order valence-corrected chi connectivity index (χ0v) is 68.5. The van der Waals surface area contributed by atoms with Crippen LogP contribution in [0.25, 0.3) is 0 Å². The molecule has 0 rings (SSSR count). The van der Waals surface area contributed by atoms with Crippen LogP contribution in [-0.2, 0) is 65.4 Å². The zero-order valence-electron chi connectivity index (χ0n) is 66.8. The van der Waals surface area contributed by atoms with Crippen LogP contribution in [-0.4, -0.2) is 96.7 Å². The van der Waals surface area contributed by atoms with Gasteiger partial charge in [-0.1, -0.05) is 394 Å². The fourth-order valence-electron chi connectivity index (χ4n) is 12.9. The summed E-state index contributed by atoms with van der Waals surface area (Å²) in [5.74, 6) is -1.33. The highest BCUT2D eigenvalue weighted by molar-refractivity contribution is 7.47. The molecule has 3 unspecified atom stereocenters. The molecule has 606 valence electrons. The minimum atomic E-state index is -4.96. The highest BCUT2D eigenvalue weighted by Crippen LogP contribution is 2.45. The van der Waals surface area contributed by atoms with Crippen LogP contribution in [0.5, 0.6) is 0 Å². The van der Waals surface area contributed by atoms with Crippen LogP contribution in [0.3, 0.4) is 0 Å². The molecule has 0 aliphatic rings. The lowest BCUT2D eigenvalue weighted by Gasteiger charge is -2.21. The van der Waals surface area contributed by atoms with Crippen molar-refractivity contribution in [3.8, 4) is 0 Å². The molecule has 102 heavy (non-hydrogen) atoms. The summed E-state index contributed by atoms with van der Waals surface area (Å²) in [6, 6.07) is 0. The van der Waals surface area contributed by atoms with Crippen LogP contribution < -0.4 is 0 Å². The molecule has 3 N–H and O–H groups in total. The van der Waals surface area contributed by atoms with Gasteiger partial charge in [0, 0.05) is 25.7 Å². The van der Waals surface area contributed by atoms with Crippen LogP contribution in [0.15, 0.2) is 0 Å². The summed E-state index contributed by atoms with van der Waals surface area (Å²) in [6.07, 6.45) is 68.0. The van der Waals surface area contributed by atoms with Gasteiger partial charge in [0.2, 0.25) is 0 Å². The average Bonchev–Trinajstić information content (AvgIpc) is 0.925. The maximum Gasteiger partial charge on any atom is 0.472 e. The van der Waals surface area contributed by atoms with Crippen LogP contribution in [0.2, 0.25) is 0 Å². The molecular weight excluding hydrogens is 1330 g/mol. The van der Waals surface area contributed by atoms with Gasteiger partial charge < -0.3 is 33.8 Å². The molecule has 0 aromatic rings. The first-order valence-corrected chi connectivity index (χ1v) is 46.2. The Morgan fingerprint density at radius 3 is 0.696 bits per heavy atom. The standard InChI is InChI=1S/C83H162O17P2/c1-6-10-13-16-19-22-25-28-30-32-34-36-38-40-43-46-52-57-62-67-81(86)93-72-78(99-82(87)68-63-58-53-47-44-41-39-37-35-33-31-29-26-23-20-17-14-11-7-2)74-97-101(89,90)95-70-77(84)71-96-102(91,92)98-75-79(100-83(88)69-64-59-54-49-48-50-55-60-65-76(5)9-4)73-94-80(85)66-61-56-51-45-42-27-24-21-18-15-12-8-3/h76-79,84H,6-75H2,1-5H3,(H,89,90)(H,91,92)/t76?,77-,78-,79-/m1/s1. The minimum absolute atomic E-state index is 0.106. The molecule has 0 heterocycles. The largest absolute Gasteiger partial charge is 0.472 e. The molecule has 0 radical (unpaired) electrons. The molecule has 0 aliphatic carbocycles. The van der Waals surface area contributed by atoms with Crippen molar-refractivity contribution in [2.24, 2.45) is 5.92 Å². The van der Waals surface area contributed by atoms with Gasteiger partial charge in [-0.25, -0.2) is 9.13 Å². The Morgan fingerprint density at radius 1 is 0.275 bits per heavy atom. The second-order valence-corrected chi connectivity index (χ2v) is 33.0. The van der Waals surface area contributed by atoms with E-state index in [4.69, 9.17) is 37.0 Å². The third-order valence-corrected chi connectivity index (χ3v) is 21.8. The second-order valence-electron chi connectivity index (χ2n) is 30.1. The van der Waals surface area contributed by atoms with Crippen molar-refractivity contribution in [2.75, 3.05) is 39.6 Å². The Morgan fingerprint density at radius 2 is 0.471 bits per heavy atom. The summed E-state index contributed by atoms with van der Waals surface area (Å²) in [4.78, 5) is 73.1. The molecule has 0 amide bonds. The molecule has 0 fully saturated rings. The number of ether oxygens (including phenoxy) is 4. The molecule has 19 heteroatoms. The lowest BCUT2D eigenvalue weighted by molar-refractivity contribution is -0.161. The van der Waals surface area contributed by atoms with Gasteiger partial charge in [-0.15, -0.1) is 0 Å². The number of carbonyl (C=O) groups excluding carboxylic acids is 4. The lowest BCUT2D eigenvalue weighted by atomic mass is 9.99. The number of aliphatic hydroxyl groups excluding tert-OH is 1. The Hall–Kier alpha value is -1.94. The van der Waals surface area contributed by atoms with E-state index in [-0.39, 0.29) is 25.7 Å². The summed E-state index contributed by atoms with van der Waals surface area (Å²) in [5.41, 5.74) is 0. The number of hydrogen-bond acceptors (Lipinski definition) is 15. The van der Waals surface area contributed by atoms with Gasteiger partial charge in [0.05, 0.1) is 26.4 Å². The van der Waals surface area contributed by atoms with E-state index >= 15 is 0 Å². The van der Waals surface area contributed by atoms with Gasteiger partial charge in [-0.3, -0.25) is 37.3 Å². The summed E-state index contributed by atoms with van der Waals surface area (Å²) < 4.78 is 68.8. The van der Waals surface area contributed by atoms with Crippen molar-refractivity contribution in [3.63, 3.8) is 0 Å². The number of unbranched alkanes of at least 4 members (excludes halogenated alkanes) is 54. The molecule has 6 atom stereocenters. The van der Waals surface area contributed by atoms with Crippen molar-refractivity contribution in [3.05, 3.63) is 0 Å². The van der Waals surface area contributed by atoms with E-state index in [0.29, 0.717) is 25.7 Å². The highest BCUT2D eigenvalue weighted by atomic mass is 31.2. The zero-order chi connectivity index (χ0) is 74.8. The van der Waals surface area contributed by atoms with Gasteiger partial charge in [0.25, 0.3) is 0 Å². The van der Waals surface area contributed by atoms with Crippen molar-refractivity contribution >= 4 is 39.5 Å². The van der Waals surface area contributed by atoms with Crippen molar-refractivity contribution < 1.29 is 80.2 Å². The van der Waals surface area contributed by atoms with Crippen molar-refractivity contribution in [1.29, 1.82) is 0 Å². The van der Waals surface area contributed by atoms with Gasteiger partial charge in [0.15, 0.2) is 12.2 Å². The number of esters is 4. The quantitative estimate of drug-likeness (QED) is 0.0222. The van der Waals surface area contributed by atoms with E-state index in [1.807, 2.05) is 0 Å². The van der Waals surface area contributed by atoms with E-state index in [2.05, 4.69) is 34.6 Å². The molecule has 0 bridgehead atoms. The fourth-order valence-corrected chi connectivity index (χ4v) is 14.5. The second kappa shape index (κ2) is 75.9. The molecule has 0 aromatic carbocycles. The van der Waals surface area contributed by atoms with Crippen LogP contribution in [0, 0.1) is 5.92 Å². The van der Waals surface area contributed by atoms with Crippen molar-refractivity contribution in [2.45, 2.75) is 464 Å². The first-order chi connectivity index (χ1) is 49.6. The van der Waals surface area contributed by atoms with Gasteiger partial charge in [-0.05, 0) is 31.6 Å². The van der Waals surface area contributed by atoms with Crippen molar-refractivity contribution in [1.82, 2.24) is 0 Å². The van der Waals surface area contributed by atoms with Crippen LogP contribution in [0.4, 0.5) is 0 Å². The number of carbonyl (C=O) groups is 4. The number of hydrogen-bond donors (Lipinski definition) is 3. The average molecular weight is 1490 g/mol. The minimum Gasteiger partial charge on any atom is -0.462 e. The third kappa shape index (κ3) is 74.9. The van der Waals surface area contributed by atoms with Crippen LogP contribution >= 0.6 is 15.6 Å². The lowest BCUT2D eigenvalue weighted by Crippen LogP contribution is -2.30. The SMILES string of the molecule is CCCCCCCCCCCCCCCCCCCCCC(=O)OC[C@H](COP(=O)(O)OC[C@@H](O)COP(=O)(O)OC[C@@H](COC(=O)CCCCCCCCCCCCCC)OC(=O)CCCCCCCCCCC(C)CC)OC(=O)CCCCCCCCCCCCCCCCCCCCC. The summed E-state index contributed by atoms with van der Waals surface area (Å²) in [7, 11) is -9.92. The first-order valence-electron chi connectivity index (χ1n) is 43.2. The van der Waals surface area contributed by atoms with E-state index in [0.717, 1.165) is 95.8 Å². The first kappa shape index (κ1) is 100. The highest BCUT2D eigenvalue weighted by Gasteiger charge is 2.30. The Balaban J connectivity index is 5.23.